The molecule has 6 aliphatic rings. The van der Waals surface area contributed by atoms with E-state index in [1.54, 1.807) is 12.1 Å². The van der Waals surface area contributed by atoms with Gasteiger partial charge in [0.1, 0.15) is 0 Å². The topological polar surface area (TPSA) is 124 Å². The second-order valence-electron chi connectivity index (χ2n) is 7.50. The number of phosphoric acid groups is 1. The standard InChI is InChI=1S/C20H22N3O7P/c21-10-17(24)12-22(11-14-4-2-1-3-5-14)15-6-8-16(9-7-15)23-18-13-27-20(19(23)25)29-31(26,28-18)30-20/h1-9,17-18,24H,10-13,21H2/t17-,18?,20?,31?/m0/s1. The number of amides is 1. The molecule has 2 aromatic carbocycles. The third-order valence-corrected chi connectivity index (χ3v) is 6.74. The van der Waals surface area contributed by atoms with Crippen molar-refractivity contribution in [1.82, 2.24) is 0 Å². The lowest BCUT2D eigenvalue weighted by Gasteiger charge is -2.41. The number of benzene rings is 2. The summed E-state index contributed by atoms with van der Waals surface area (Å²) in [4.78, 5) is 16.2. The van der Waals surface area contributed by atoms with Crippen LogP contribution in [0.25, 0.3) is 0 Å². The lowest BCUT2D eigenvalue weighted by atomic mass is 10.1. The summed E-state index contributed by atoms with van der Waals surface area (Å²) in [6.45, 7) is 1.04. The highest BCUT2D eigenvalue weighted by atomic mass is 31.2. The van der Waals surface area contributed by atoms with E-state index in [4.69, 9.17) is 24.0 Å². The molecule has 6 fully saturated rings. The van der Waals surface area contributed by atoms with Crippen molar-refractivity contribution in [3.05, 3.63) is 60.2 Å². The van der Waals surface area contributed by atoms with Crippen molar-refractivity contribution < 1.29 is 32.8 Å². The molecular weight excluding hydrogens is 425 g/mol. The molecule has 0 saturated carbocycles. The van der Waals surface area contributed by atoms with Crippen molar-refractivity contribution in [1.29, 1.82) is 0 Å². The van der Waals surface area contributed by atoms with Gasteiger partial charge in [0.15, 0.2) is 6.23 Å². The van der Waals surface area contributed by atoms with Crippen molar-refractivity contribution in [2.24, 2.45) is 5.73 Å². The highest BCUT2D eigenvalue weighted by Crippen LogP contribution is 2.70. The molecular formula is C20H22N3O7P. The molecule has 1 unspecified atom stereocenters. The minimum atomic E-state index is -3.76. The van der Waals surface area contributed by atoms with E-state index in [1.165, 1.54) is 4.90 Å². The van der Waals surface area contributed by atoms with Crippen LogP contribution in [0.15, 0.2) is 54.6 Å². The highest BCUT2D eigenvalue weighted by molar-refractivity contribution is 7.49. The Kier molecular flexibility index (Phi) is 5.10. The lowest BCUT2D eigenvalue weighted by Crippen LogP contribution is -2.62. The summed E-state index contributed by atoms with van der Waals surface area (Å²) < 4.78 is 32.9. The Labute approximate surface area is 178 Å². The molecule has 6 saturated heterocycles. The summed E-state index contributed by atoms with van der Waals surface area (Å²) >= 11 is 0. The minimum absolute atomic E-state index is 0.0275. The second kappa shape index (κ2) is 7.68. The third-order valence-electron chi connectivity index (χ3n) is 5.31. The van der Waals surface area contributed by atoms with E-state index in [1.807, 2.05) is 47.4 Å². The van der Waals surface area contributed by atoms with Gasteiger partial charge in [0.05, 0.1) is 12.7 Å². The number of carbonyl (C=O) groups is 1. The van der Waals surface area contributed by atoms with Crippen LogP contribution < -0.4 is 15.5 Å². The molecule has 1 amide bonds. The number of nitrogens with two attached hydrogens (primary N) is 1. The SMILES string of the molecule is NC[C@H](O)CN(Cc1ccccc1)c1ccc(N2C(=O)C34OCC2OP(=O)(O3)O4)cc1. The molecule has 6 aliphatic heterocycles. The van der Waals surface area contributed by atoms with Crippen LogP contribution in [0, 0.1) is 0 Å². The van der Waals surface area contributed by atoms with Crippen LogP contribution in [0.4, 0.5) is 11.4 Å². The first-order chi connectivity index (χ1) is 14.9. The van der Waals surface area contributed by atoms with Crippen LogP contribution in [0.3, 0.4) is 0 Å². The number of aliphatic hydroxyl groups excluding tert-OH is 1. The van der Waals surface area contributed by atoms with Gasteiger partial charge in [-0.1, -0.05) is 30.3 Å². The number of morpholine rings is 1. The summed E-state index contributed by atoms with van der Waals surface area (Å²) in [5, 5.41) is 10.1. The fraction of sp³-hybridized carbons (Fsp3) is 0.350. The first-order valence-electron chi connectivity index (χ1n) is 9.86. The lowest BCUT2D eigenvalue weighted by molar-refractivity contribution is -0.331. The van der Waals surface area contributed by atoms with Crippen molar-refractivity contribution in [3.63, 3.8) is 0 Å². The van der Waals surface area contributed by atoms with Crippen molar-refractivity contribution in [2.45, 2.75) is 24.8 Å². The molecule has 3 bridgehead atoms. The van der Waals surface area contributed by atoms with Crippen molar-refractivity contribution in [3.8, 4) is 0 Å². The molecule has 0 aliphatic carbocycles. The van der Waals surface area contributed by atoms with Crippen molar-refractivity contribution in [2.75, 3.05) is 29.5 Å². The Morgan fingerprint density at radius 3 is 2.58 bits per heavy atom. The first kappa shape index (κ1) is 20.6. The number of nitrogens with zero attached hydrogens (tertiary/aromatic N) is 2. The maximum Gasteiger partial charge on any atom is 0.486 e. The molecule has 6 heterocycles. The van der Waals surface area contributed by atoms with Gasteiger partial charge in [0.25, 0.3) is 0 Å². The largest absolute Gasteiger partial charge is 0.486 e. The number of ether oxygens (including phenoxy) is 1. The third kappa shape index (κ3) is 3.66. The molecule has 0 aromatic heterocycles. The maximum atomic E-state index is 12.8. The van der Waals surface area contributed by atoms with Gasteiger partial charge in [0.2, 0.25) is 0 Å². The normalized spacial score (nSPS) is 29.9. The van der Waals surface area contributed by atoms with Gasteiger partial charge in [-0.3, -0.25) is 14.2 Å². The fourth-order valence-corrected chi connectivity index (χ4v) is 5.20. The van der Waals surface area contributed by atoms with Gasteiger partial charge in [-0.2, -0.15) is 0 Å². The van der Waals surface area contributed by atoms with Gasteiger partial charge in [0, 0.05) is 31.0 Å². The molecule has 0 radical (unpaired) electrons. The van der Waals surface area contributed by atoms with E-state index >= 15 is 0 Å². The van der Waals surface area contributed by atoms with Gasteiger partial charge < -0.3 is 20.5 Å². The summed E-state index contributed by atoms with van der Waals surface area (Å²) in [6.07, 6.45) is -1.60. The molecule has 11 heteroatoms. The average molecular weight is 447 g/mol. The Hall–Kier alpha value is -2.30. The molecule has 10 nitrogen and oxygen atoms in total. The zero-order chi connectivity index (χ0) is 21.6. The smallest absolute Gasteiger partial charge is 0.390 e. The number of rotatable bonds is 7. The number of carbonyl (C=O) groups excluding carboxylic acids is 1. The van der Waals surface area contributed by atoms with E-state index in [0.717, 1.165) is 11.3 Å². The molecule has 8 rings (SSSR count). The summed E-state index contributed by atoms with van der Waals surface area (Å²) in [6, 6.07) is 17.0. The van der Waals surface area contributed by atoms with E-state index in [-0.39, 0.29) is 13.2 Å². The van der Waals surface area contributed by atoms with Crippen LogP contribution in [-0.4, -0.2) is 49.0 Å². The summed E-state index contributed by atoms with van der Waals surface area (Å²) in [7, 11) is -3.76. The molecule has 164 valence electrons. The van der Waals surface area contributed by atoms with Gasteiger partial charge in [-0.05, 0) is 29.8 Å². The Bertz CT molecular complexity index is 1010. The summed E-state index contributed by atoms with van der Waals surface area (Å²) in [5.74, 6) is -2.62. The van der Waals surface area contributed by atoms with Crippen LogP contribution in [0.1, 0.15) is 5.56 Å². The van der Waals surface area contributed by atoms with Crippen LogP contribution in [0.5, 0.6) is 0 Å². The number of hydrogen-bond acceptors (Lipinski definition) is 9. The average Bonchev–Trinajstić information content (AvgIpc) is 3.08. The summed E-state index contributed by atoms with van der Waals surface area (Å²) in [5.41, 5.74) is 8.06. The predicted molar refractivity (Wildman–Crippen MR) is 110 cm³/mol. The van der Waals surface area contributed by atoms with E-state index < -0.39 is 32.0 Å². The van der Waals surface area contributed by atoms with Crippen LogP contribution in [-0.2, 0) is 34.2 Å². The van der Waals surface area contributed by atoms with Gasteiger partial charge in [-0.15, -0.1) is 0 Å². The molecule has 3 N–H and O–H groups in total. The number of phosphoric ester groups is 1. The van der Waals surface area contributed by atoms with Crippen LogP contribution in [0.2, 0.25) is 0 Å². The Morgan fingerprint density at radius 2 is 1.90 bits per heavy atom. The van der Waals surface area contributed by atoms with Crippen molar-refractivity contribution >= 4 is 25.1 Å². The monoisotopic (exact) mass is 447 g/mol. The second-order valence-corrected chi connectivity index (χ2v) is 8.97. The highest BCUT2D eigenvalue weighted by Gasteiger charge is 2.73. The maximum absolute atomic E-state index is 12.8. The van der Waals surface area contributed by atoms with Crippen LogP contribution >= 0.6 is 7.82 Å². The molecule has 1 spiro atoms. The Balaban J connectivity index is 1.40. The molecule has 2 aromatic rings. The van der Waals surface area contributed by atoms with E-state index in [0.29, 0.717) is 18.8 Å². The molecule has 2 atom stereocenters. The van der Waals surface area contributed by atoms with E-state index in [9.17, 15) is 14.5 Å². The van der Waals surface area contributed by atoms with E-state index in [2.05, 4.69) is 0 Å². The first-order valence-corrected chi connectivity index (χ1v) is 11.3. The zero-order valence-electron chi connectivity index (χ0n) is 16.5. The zero-order valence-corrected chi connectivity index (χ0v) is 17.4. The number of hydrogen-bond donors (Lipinski definition) is 2. The number of aliphatic hydroxyl groups is 1. The Morgan fingerprint density at radius 1 is 1.19 bits per heavy atom. The van der Waals surface area contributed by atoms with Gasteiger partial charge in [-0.25, -0.2) is 13.6 Å². The van der Waals surface area contributed by atoms with Gasteiger partial charge >= 0.3 is 19.7 Å². The predicted octanol–water partition coefficient (Wildman–Crippen LogP) is 1.54. The quantitative estimate of drug-likeness (QED) is 0.608. The molecule has 31 heavy (non-hydrogen) atoms. The number of anilines is 2. The fourth-order valence-electron chi connectivity index (χ4n) is 3.80. The minimum Gasteiger partial charge on any atom is -0.390 e.